The lowest BCUT2D eigenvalue weighted by Crippen LogP contribution is -2.70. The summed E-state index contributed by atoms with van der Waals surface area (Å²) in [6, 6.07) is 0. The van der Waals surface area contributed by atoms with Gasteiger partial charge in [0, 0.05) is 34.4 Å². The number of aliphatic hydroxyl groups is 2. The molecule has 4 rings (SSSR count). The molecule has 0 aromatic heterocycles. The molecular weight excluding hydrogens is 507 g/mol. The van der Waals surface area contributed by atoms with Crippen LogP contribution in [0.4, 0.5) is 4.39 Å². The quantitative estimate of drug-likeness (QED) is 0.394. The predicted molar refractivity (Wildman–Crippen MR) is 127 cm³/mol. The minimum Gasteiger partial charge on any atom is -0.450 e. The molecule has 0 spiro atoms. The van der Waals surface area contributed by atoms with Crippen molar-refractivity contribution in [3.8, 4) is 0 Å². The molecule has 6 nitrogen and oxygen atoms in total. The first-order valence-corrected chi connectivity index (χ1v) is 13.3. The fourth-order valence-corrected chi connectivity index (χ4v) is 8.24. The van der Waals surface area contributed by atoms with Crippen molar-refractivity contribution in [3.63, 3.8) is 0 Å². The fraction of sp³-hybridized carbons (Fsp3) is 0.731. The zero-order valence-corrected chi connectivity index (χ0v) is 21.6. The van der Waals surface area contributed by atoms with Crippen molar-refractivity contribution in [3.05, 3.63) is 23.8 Å². The van der Waals surface area contributed by atoms with E-state index in [1.54, 1.807) is 13.0 Å². The molecule has 0 amide bonds. The summed E-state index contributed by atoms with van der Waals surface area (Å²) in [6.45, 7) is 4.57. The van der Waals surface area contributed by atoms with Gasteiger partial charge in [-0.05, 0) is 57.1 Å². The van der Waals surface area contributed by atoms with Crippen LogP contribution in [-0.2, 0) is 19.1 Å². The highest BCUT2D eigenvalue weighted by Crippen LogP contribution is 2.71. The van der Waals surface area contributed by atoms with Crippen LogP contribution in [0, 0.1) is 28.6 Å². The highest BCUT2D eigenvalue weighted by Gasteiger charge is 2.77. The largest absolute Gasteiger partial charge is 0.450 e. The maximum absolute atomic E-state index is 17.3. The smallest absolute Gasteiger partial charge is 0.306 e. The van der Waals surface area contributed by atoms with Crippen molar-refractivity contribution >= 4 is 33.5 Å². The van der Waals surface area contributed by atoms with E-state index in [4.69, 9.17) is 4.74 Å². The van der Waals surface area contributed by atoms with Crippen LogP contribution < -0.4 is 0 Å². The van der Waals surface area contributed by atoms with Crippen molar-refractivity contribution < 1.29 is 33.7 Å². The molecule has 0 saturated heterocycles. The SMILES string of the molecule is C[C@@H]1CC2C3CCC4=CC(=O)C=C[C@]4(C)[C@@]3(F)C(O)C[C@]2(C)[C@@]1(OC(=O)CCCBr)C(=O)CO. The Balaban J connectivity index is 1.80. The topological polar surface area (TPSA) is 101 Å². The summed E-state index contributed by atoms with van der Waals surface area (Å²) in [5.41, 5.74) is -5.15. The molecule has 8 heteroatoms. The number of fused-ring (bicyclic) bond motifs is 5. The Morgan fingerprint density at radius 2 is 2.00 bits per heavy atom. The average Bonchev–Trinajstić information content (AvgIpc) is 3.00. The standard InChI is InChI=1S/C26H34BrFO6/c1-15-11-19-18-7-6-16-12-17(30)8-9-23(16,2)25(18,28)20(31)13-24(19,3)26(15,21(32)14-29)34-22(33)5-4-10-27/h8-9,12,15,18-20,29,31H,4-7,10-11,13-14H2,1-3H3/t15-,18?,19?,20?,23+,24+,25+,26+/m1/s1. The molecule has 2 N–H and O–H groups in total. The van der Waals surface area contributed by atoms with Crippen LogP contribution in [0.15, 0.2) is 23.8 Å². The predicted octanol–water partition coefficient (Wildman–Crippen LogP) is 3.62. The normalized spacial score (nSPS) is 45.1. The third kappa shape index (κ3) is 3.20. The van der Waals surface area contributed by atoms with Gasteiger partial charge >= 0.3 is 5.97 Å². The molecule has 4 aliphatic rings. The molecule has 0 aromatic rings. The van der Waals surface area contributed by atoms with Gasteiger partial charge in [-0.2, -0.15) is 0 Å². The summed E-state index contributed by atoms with van der Waals surface area (Å²) in [7, 11) is 0. The van der Waals surface area contributed by atoms with Gasteiger partial charge in [0.25, 0.3) is 0 Å². The lowest BCUT2D eigenvalue weighted by molar-refractivity contribution is -0.228. The molecule has 3 unspecified atom stereocenters. The second-order valence-electron chi connectivity index (χ2n) is 11.0. The van der Waals surface area contributed by atoms with E-state index >= 15 is 4.39 Å². The number of hydrogen-bond donors (Lipinski definition) is 2. The van der Waals surface area contributed by atoms with Crippen molar-refractivity contribution in [2.75, 3.05) is 11.9 Å². The average molecular weight is 541 g/mol. The highest BCUT2D eigenvalue weighted by molar-refractivity contribution is 9.09. The van der Waals surface area contributed by atoms with E-state index in [0.717, 1.165) is 0 Å². The van der Waals surface area contributed by atoms with Crippen molar-refractivity contribution in [2.24, 2.45) is 28.6 Å². The van der Waals surface area contributed by atoms with Gasteiger partial charge in [-0.25, -0.2) is 4.39 Å². The Kier molecular flexibility index (Phi) is 6.52. The van der Waals surface area contributed by atoms with Crippen LogP contribution in [0.3, 0.4) is 0 Å². The number of halogens is 2. The van der Waals surface area contributed by atoms with Crippen LogP contribution in [-0.4, -0.2) is 57.1 Å². The van der Waals surface area contributed by atoms with Gasteiger partial charge in [0.05, 0.1) is 6.10 Å². The number of allylic oxidation sites excluding steroid dienone is 4. The van der Waals surface area contributed by atoms with Gasteiger partial charge in [0.1, 0.15) is 6.61 Å². The van der Waals surface area contributed by atoms with Crippen molar-refractivity contribution in [2.45, 2.75) is 76.7 Å². The molecular formula is C26H34BrFO6. The lowest BCUT2D eigenvalue weighted by Gasteiger charge is -2.62. The van der Waals surface area contributed by atoms with E-state index in [2.05, 4.69) is 15.9 Å². The minimum absolute atomic E-state index is 0.0862. The first-order valence-electron chi connectivity index (χ1n) is 12.2. The Bertz CT molecular complexity index is 963. The summed E-state index contributed by atoms with van der Waals surface area (Å²) in [5.74, 6) is -2.70. The van der Waals surface area contributed by atoms with E-state index in [-0.39, 0.29) is 24.5 Å². The maximum atomic E-state index is 17.3. The minimum atomic E-state index is -2.03. The van der Waals surface area contributed by atoms with Crippen LogP contribution in [0.5, 0.6) is 0 Å². The first-order chi connectivity index (χ1) is 15.9. The number of carbonyl (C=O) groups is 3. The zero-order valence-electron chi connectivity index (χ0n) is 20.0. The number of ketones is 2. The van der Waals surface area contributed by atoms with Gasteiger partial charge in [-0.1, -0.05) is 41.4 Å². The molecule has 0 radical (unpaired) electrons. The Morgan fingerprint density at radius 1 is 1.29 bits per heavy atom. The third-order valence-corrected chi connectivity index (χ3v) is 10.1. The molecule has 0 heterocycles. The number of esters is 1. The van der Waals surface area contributed by atoms with Gasteiger partial charge in [-0.3, -0.25) is 14.4 Å². The number of ether oxygens (including phenoxy) is 1. The molecule has 0 aromatic carbocycles. The van der Waals surface area contributed by atoms with Gasteiger partial charge in [-0.15, -0.1) is 0 Å². The van der Waals surface area contributed by atoms with E-state index < -0.39 is 58.4 Å². The molecule has 4 aliphatic carbocycles. The number of carbonyl (C=O) groups excluding carboxylic acids is 3. The van der Waals surface area contributed by atoms with Gasteiger partial charge in [0.2, 0.25) is 5.78 Å². The molecule has 0 bridgehead atoms. The van der Waals surface area contributed by atoms with Crippen molar-refractivity contribution in [1.29, 1.82) is 0 Å². The Labute approximate surface area is 208 Å². The summed E-state index contributed by atoms with van der Waals surface area (Å²) in [6.07, 6.45) is 4.95. The van der Waals surface area contributed by atoms with Gasteiger partial charge < -0.3 is 14.9 Å². The van der Waals surface area contributed by atoms with Crippen LogP contribution in [0.1, 0.15) is 59.3 Å². The van der Waals surface area contributed by atoms with Gasteiger partial charge in [0.15, 0.2) is 17.1 Å². The monoisotopic (exact) mass is 540 g/mol. The maximum Gasteiger partial charge on any atom is 0.306 e. The molecule has 34 heavy (non-hydrogen) atoms. The molecule has 8 atom stereocenters. The van der Waals surface area contributed by atoms with Crippen LogP contribution in [0.25, 0.3) is 0 Å². The number of rotatable bonds is 6. The first kappa shape index (κ1) is 25.7. The molecule has 0 aliphatic heterocycles. The van der Waals surface area contributed by atoms with Crippen molar-refractivity contribution in [1.82, 2.24) is 0 Å². The van der Waals surface area contributed by atoms with Crippen LogP contribution >= 0.6 is 15.9 Å². The highest BCUT2D eigenvalue weighted by atomic mass is 79.9. The third-order valence-electron chi connectivity index (χ3n) is 9.53. The van der Waals surface area contributed by atoms with E-state index in [9.17, 15) is 24.6 Å². The summed E-state index contributed by atoms with van der Waals surface area (Å²) in [5, 5.41) is 22.0. The fourth-order valence-electron chi connectivity index (χ4n) is 7.96. The molecule has 3 fully saturated rings. The number of aliphatic hydroxyl groups excluding tert-OH is 2. The lowest BCUT2D eigenvalue weighted by atomic mass is 9.44. The van der Waals surface area contributed by atoms with E-state index in [1.807, 2.05) is 13.8 Å². The van der Waals surface area contributed by atoms with E-state index in [1.165, 1.54) is 12.2 Å². The van der Waals surface area contributed by atoms with E-state index in [0.29, 0.717) is 36.6 Å². The number of Topliss-reactive ketones (excluding diaryl/α,β-unsaturated/α-hetero) is 1. The number of hydrogen-bond acceptors (Lipinski definition) is 6. The summed E-state index contributed by atoms with van der Waals surface area (Å²) in [4.78, 5) is 38.1. The second-order valence-corrected chi connectivity index (χ2v) is 11.8. The molecule has 188 valence electrons. The van der Waals surface area contributed by atoms with Crippen LogP contribution in [0.2, 0.25) is 0 Å². The zero-order chi connectivity index (χ0) is 25.1. The Hall–Kier alpha value is -1.38. The number of alkyl halides is 2. The summed E-state index contributed by atoms with van der Waals surface area (Å²) < 4.78 is 23.2. The summed E-state index contributed by atoms with van der Waals surface area (Å²) >= 11 is 3.29. The molecule has 3 saturated carbocycles. The second kappa shape index (κ2) is 8.63. The Morgan fingerprint density at radius 3 is 2.65 bits per heavy atom.